The Kier molecular flexibility index (Phi) is 7.08. The van der Waals surface area contributed by atoms with Gasteiger partial charge in [-0.05, 0) is 68.1 Å². The predicted octanol–water partition coefficient (Wildman–Crippen LogP) is 2.81. The molecule has 3 amide bonds. The molecular weight excluding hydrogens is 432 g/mol. The molecule has 8 nitrogen and oxygen atoms in total. The number of amides is 3. The number of nitrogens with one attached hydrogen (secondary N) is 1. The summed E-state index contributed by atoms with van der Waals surface area (Å²) in [7, 11) is -1.65. The molecule has 0 aromatic heterocycles. The summed E-state index contributed by atoms with van der Waals surface area (Å²) in [6.45, 7) is 2.28. The molecule has 1 atom stereocenters. The molecule has 0 aliphatic carbocycles. The summed E-state index contributed by atoms with van der Waals surface area (Å²) in [6, 6.07) is 13.4. The average molecular weight is 461 g/mol. The van der Waals surface area contributed by atoms with Crippen LogP contribution in [0.1, 0.15) is 25.3 Å². The molecule has 3 rings (SSSR count). The highest BCUT2D eigenvalue weighted by molar-refractivity contribution is 7.90. The average Bonchev–Trinajstić information content (AvgIpc) is 2.98. The summed E-state index contributed by atoms with van der Waals surface area (Å²) < 4.78 is 33.8. The molecule has 1 saturated heterocycles. The van der Waals surface area contributed by atoms with E-state index in [9.17, 15) is 18.0 Å². The molecule has 0 spiro atoms. The van der Waals surface area contributed by atoms with Crippen molar-refractivity contribution in [2.75, 3.05) is 26.5 Å². The van der Waals surface area contributed by atoms with Crippen LogP contribution in [0.2, 0.25) is 0 Å². The van der Waals surface area contributed by atoms with E-state index in [1.54, 1.807) is 26.2 Å². The van der Waals surface area contributed by atoms with Crippen molar-refractivity contribution < 1.29 is 27.5 Å². The molecule has 1 unspecified atom stereocenters. The second-order valence-corrected chi connectivity index (χ2v) is 10.0. The van der Waals surface area contributed by atoms with Crippen LogP contribution in [0.3, 0.4) is 0 Å². The molecule has 2 aromatic carbocycles. The largest absolute Gasteiger partial charge is 0.497 e. The zero-order valence-corrected chi connectivity index (χ0v) is 19.3. The summed E-state index contributed by atoms with van der Waals surface area (Å²) >= 11 is 0. The standard InChI is InChI=1S/C23H28N2O6S/c1-23(14-13-17-5-7-18(30-2)8-6-17)21(26)25(22(27)24-23)15-4-16-31-19-9-11-20(12-10-19)32(3,28)29/h5-12H,4,13-16H2,1-3H3,(H,24,27). The Morgan fingerprint density at radius 1 is 1.00 bits per heavy atom. The molecule has 172 valence electrons. The number of carbonyl (C=O) groups is 2. The normalized spacial score (nSPS) is 18.5. The van der Waals surface area contributed by atoms with Gasteiger partial charge in [0.2, 0.25) is 0 Å². The van der Waals surface area contributed by atoms with Gasteiger partial charge in [0.15, 0.2) is 9.84 Å². The maximum absolute atomic E-state index is 12.9. The fourth-order valence-corrected chi connectivity index (χ4v) is 4.13. The molecule has 1 heterocycles. The third-order valence-electron chi connectivity index (χ3n) is 5.46. The van der Waals surface area contributed by atoms with Crippen molar-refractivity contribution in [1.29, 1.82) is 0 Å². The van der Waals surface area contributed by atoms with Crippen LogP contribution in [0.15, 0.2) is 53.4 Å². The molecule has 0 saturated carbocycles. The fraction of sp³-hybridized carbons (Fsp3) is 0.391. The van der Waals surface area contributed by atoms with E-state index in [1.165, 1.54) is 17.0 Å². The van der Waals surface area contributed by atoms with Crippen LogP contribution in [0.4, 0.5) is 4.79 Å². The van der Waals surface area contributed by atoms with Gasteiger partial charge in [-0.2, -0.15) is 0 Å². The highest BCUT2D eigenvalue weighted by Gasteiger charge is 2.46. The number of imide groups is 1. The van der Waals surface area contributed by atoms with Gasteiger partial charge in [0.05, 0.1) is 18.6 Å². The van der Waals surface area contributed by atoms with E-state index in [4.69, 9.17) is 9.47 Å². The zero-order valence-electron chi connectivity index (χ0n) is 18.5. The van der Waals surface area contributed by atoms with Crippen molar-refractivity contribution in [3.63, 3.8) is 0 Å². The number of aryl methyl sites for hydroxylation is 1. The number of sulfone groups is 1. The molecule has 0 radical (unpaired) electrons. The number of ether oxygens (including phenoxy) is 2. The molecule has 9 heteroatoms. The second-order valence-electron chi connectivity index (χ2n) is 8.01. The maximum Gasteiger partial charge on any atom is 0.325 e. The van der Waals surface area contributed by atoms with E-state index >= 15 is 0 Å². The third-order valence-corrected chi connectivity index (χ3v) is 6.59. The van der Waals surface area contributed by atoms with Crippen LogP contribution in [0.25, 0.3) is 0 Å². The van der Waals surface area contributed by atoms with E-state index in [-0.39, 0.29) is 24.0 Å². The Morgan fingerprint density at radius 2 is 1.62 bits per heavy atom. The van der Waals surface area contributed by atoms with Crippen LogP contribution in [-0.4, -0.2) is 57.3 Å². The first-order chi connectivity index (χ1) is 15.1. The number of urea groups is 1. The first kappa shape index (κ1) is 23.6. The van der Waals surface area contributed by atoms with Crippen LogP contribution >= 0.6 is 0 Å². The van der Waals surface area contributed by atoms with Crippen LogP contribution in [0.5, 0.6) is 11.5 Å². The van der Waals surface area contributed by atoms with Gasteiger partial charge in [-0.15, -0.1) is 0 Å². The molecule has 1 aliphatic heterocycles. The minimum atomic E-state index is -3.25. The van der Waals surface area contributed by atoms with Crippen LogP contribution in [-0.2, 0) is 21.1 Å². The van der Waals surface area contributed by atoms with Gasteiger partial charge >= 0.3 is 6.03 Å². The molecule has 0 bridgehead atoms. The lowest BCUT2D eigenvalue weighted by molar-refractivity contribution is -0.131. The van der Waals surface area contributed by atoms with Crippen molar-refractivity contribution in [2.24, 2.45) is 0 Å². The van der Waals surface area contributed by atoms with Gasteiger partial charge in [-0.1, -0.05) is 12.1 Å². The Balaban J connectivity index is 1.48. The Hall–Kier alpha value is -3.07. The Morgan fingerprint density at radius 3 is 2.22 bits per heavy atom. The molecule has 1 aliphatic rings. The first-order valence-electron chi connectivity index (χ1n) is 10.3. The Labute approximate surface area is 188 Å². The van der Waals surface area contributed by atoms with Gasteiger partial charge in [-0.25, -0.2) is 13.2 Å². The zero-order chi connectivity index (χ0) is 23.4. The highest BCUT2D eigenvalue weighted by atomic mass is 32.2. The summed E-state index contributed by atoms with van der Waals surface area (Å²) in [5.41, 5.74) is 0.113. The van der Waals surface area contributed by atoms with E-state index in [0.29, 0.717) is 25.0 Å². The van der Waals surface area contributed by atoms with Crippen molar-refractivity contribution in [2.45, 2.75) is 36.6 Å². The number of benzene rings is 2. The van der Waals surface area contributed by atoms with E-state index < -0.39 is 21.4 Å². The fourth-order valence-electron chi connectivity index (χ4n) is 3.50. The number of nitrogens with zero attached hydrogens (tertiary/aromatic N) is 1. The SMILES string of the molecule is COc1ccc(CCC2(C)NC(=O)N(CCCOc3ccc(S(C)(=O)=O)cc3)C2=O)cc1. The number of hydrogen-bond donors (Lipinski definition) is 1. The topological polar surface area (TPSA) is 102 Å². The monoisotopic (exact) mass is 460 g/mol. The lowest BCUT2D eigenvalue weighted by Crippen LogP contribution is -2.44. The second kappa shape index (κ2) is 9.60. The van der Waals surface area contributed by atoms with Crippen LogP contribution < -0.4 is 14.8 Å². The van der Waals surface area contributed by atoms with Gasteiger partial charge in [0, 0.05) is 12.8 Å². The molecule has 32 heavy (non-hydrogen) atoms. The summed E-state index contributed by atoms with van der Waals surface area (Å²) in [4.78, 5) is 26.7. The number of hydrogen-bond acceptors (Lipinski definition) is 6. The Bertz CT molecular complexity index is 1070. The highest BCUT2D eigenvalue weighted by Crippen LogP contribution is 2.24. The van der Waals surface area contributed by atoms with E-state index in [1.807, 2.05) is 24.3 Å². The van der Waals surface area contributed by atoms with Gasteiger partial charge in [-0.3, -0.25) is 9.69 Å². The van der Waals surface area contributed by atoms with Crippen LogP contribution in [0, 0.1) is 0 Å². The lowest BCUT2D eigenvalue weighted by Gasteiger charge is -2.21. The quantitative estimate of drug-likeness (QED) is 0.432. The van der Waals surface area contributed by atoms with Gasteiger partial charge < -0.3 is 14.8 Å². The lowest BCUT2D eigenvalue weighted by atomic mass is 9.93. The van der Waals surface area contributed by atoms with E-state index in [0.717, 1.165) is 17.6 Å². The first-order valence-corrected chi connectivity index (χ1v) is 12.2. The smallest absolute Gasteiger partial charge is 0.325 e. The van der Waals surface area contributed by atoms with Crippen molar-refractivity contribution in [3.8, 4) is 11.5 Å². The molecule has 2 aromatic rings. The molecular formula is C23H28N2O6S. The minimum Gasteiger partial charge on any atom is -0.497 e. The number of rotatable bonds is 10. The summed E-state index contributed by atoms with van der Waals surface area (Å²) in [5, 5.41) is 2.82. The van der Waals surface area contributed by atoms with Crippen molar-refractivity contribution in [3.05, 3.63) is 54.1 Å². The minimum absolute atomic E-state index is 0.220. The maximum atomic E-state index is 12.9. The summed E-state index contributed by atoms with van der Waals surface area (Å²) in [5.74, 6) is 1.05. The predicted molar refractivity (Wildman–Crippen MR) is 120 cm³/mol. The molecule has 1 fully saturated rings. The van der Waals surface area contributed by atoms with E-state index in [2.05, 4.69) is 5.32 Å². The van der Waals surface area contributed by atoms with Crippen molar-refractivity contribution in [1.82, 2.24) is 10.2 Å². The van der Waals surface area contributed by atoms with Gasteiger partial charge in [0.1, 0.15) is 17.0 Å². The molecule has 1 N–H and O–H groups in total. The van der Waals surface area contributed by atoms with Gasteiger partial charge in [0.25, 0.3) is 5.91 Å². The summed E-state index contributed by atoms with van der Waals surface area (Å²) in [6.07, 6.45) is 2.74. The third kappa shape index (κ3) is 5.59. The number of methoxy groups -OCH3 is 1. The number of carbonyl (C=O) groups excluding carboxylic acids is 2. The van der Waals surface area contributed by atoms with Crippen molar-refractivity contribution >= 4 is 21.8 Å².